The number of nitrogen functional groups attached to an aromatic ring is 1. The van der Waals surface area contributed by atoms with Crippen LogP contribution in [-0.4, -0.2) is 274 Å². The number of nitrogens with zero attached hydrogens (tertiary/aromatic N) is 12. The summed E-state index contributed by atoms with van der Waals surface area (Å²) >= 11 is 0. The van der Waals surface area contributed by atoms with Crippen LogP contribution < -0.4 is 32.3 Å². The van der Waals surface area contributed by atoms with Gasteiger partial charge in [0.05, 0.1) is 103 Å². The zero-order chi connectivity index (χ0) is 99.3. The van der Waals surface area contributed by atoms with Gasteiger partial charge in [-0.2, -0.15) is 0 Å². The van der Waals surface area contributed by atoms with Crippen molar-refractivity contribution in [3.8, 4) is 0 Å². The summed E-state index contributed by atoms with van der Waals surface area (Å²) in [7, 11) is -7.53. The number of ether oxygens (including phenoxy) is 9. The molecule has 9 heterocycles. The van der Waals surface area contributed by atoms with Crippen molar-refractivity contribution >= 4 is 138 Å². The fourth-order valence-corrected chi connectivity index (χ4v) is 16.7. The zero-order valence-corrected chi connectivity index (χ0v) is 86.1. The lowest BCUT2D eigenvalue weighted by Gasteiger charge is -2.34. The molecule has 43 nitrogen and oxygen atoms in total. The zero-order valence-electron chi connectivity index (χ0n) is 82.1. The number of hydrogen-bond donors (Lipinski definition) is 9. The summed E-state index contributed by atoms with van der Waals surface area (Å²) in [6.07, 6.45) is 6.09. The molecular weight excluding hydrogens is 1800 g/mol. The number of carbonyl (C=O) groups excluding carboxylic acids is 8. The topological polar surface area (TPSA) is 551 Å². The first-order chi connectivity index (χ1) is 62.0. The predicted octanol–water partition coefficient (Wildman–Crippen LogP) is 12.2. The summed E-state index contributed by atoms with van der Waals surface area (Å²) in [5, 5.41) is 40.7. The molecule has 0 spiro atoms. The van der Waals surface area contributed by atoms with Crippen molar-refractivity contribution in [3.05, 3.63) is 38.0 Å². The van der Waals surface area contributed by atoms with Gasteiger partial charge < -0.3 is 108 Å². The van der Waals surface area contributed by atoms with Crippen molar-refractivity contribution in [3.63, 3.8) is 0 Å². The monoisotopic (exact) mass is 1940 g/mol. The highest BCUT2D eigenvalue weighted by Gasteiger charge is 2.46. The number of amides is 5. The van der Waals surface area contributed by atoms with Crippen molar-refractivity contribution in [2.24, 2.45) is 0 Å². The van der Waals surface area contributed by atoms with Gasteiger partial charge in [-0.3, -0.25) is 42.5 Å². The highest BCUT2D eigenvalue weighted by Crippen LogP contribution is 2.41. The molecule has 3 saturated heterocycles. The normalized spacial score (nSPS) is 18.9. The second kappa shape index (κ2) is 51.0. The second-order valence-electron chi connectivity index (χ2n) is 39.0. The summed E-state index contributed by atoms with van der Waals surface area (Å²) in [4.78, 5) is 143. The van der Waals surface area contributed by atoms with Crippen LogP contribution in [-0.2, 0) is 89.1 Å². The quantitative estimate of drug-likeness (QED) is 0.00745. The van der Waals surface area contributed by atoms with Gasteiger partial charge in [0.1, 0.15) is 78.3 Å². The Morgan fingerprint density at radius 3 is 1.08 bits per heavy atom. The molecule has 3 aliphatic rings. The highest BCUT2D eigenvalue weighted by molar-refractivity contribution is 6.73. The van der Waals surface area contributed by atoms with E-state index in [1.807, 2.05) is 9.13 Å². The molecule has 9 rings (SSSR count). The molecule has 0 saturated carbocycles. The number of carboxylic acids is 1. The maximum absolute atomic E-state index is 12.7. The molecule has 5 amide bonds. The average molecular weight is 1940 g/mol. The van der Waals surface area contributed by atoms with Crippen molar-refractivity contribution in [1.82, 2.24) is 74.5 Å². The molecule has 3 aliphatic heterocycles. The lowest BCUT2D eigenvalue weighted by Crippen LogP contribution is -2.44. The van der Waals surface area contributed by atoms with Gasteiger partial charge in [0.15, 0.2) is 78.7 Å². The van der Waals surface area contributed by atoms with E-state index in [9.17, 15) is 53.4 Å². The smallest absolute Gasteiger partial charge is 0.407 e. The second-order valence-corrected chi connectivity index (χ2v) is 57.5. The molecule has 10 N–H and O–H groups in total. The number of fused-ring (bicyclic) bond motifs is 3. The van der Waals surface area contributed by atoms with E-state index in [1.54, 1.807) is 79.5 Å². The first kappa shape index (κ1) is 112. The Bertz CT molecular complexity index is 4760. The van der Waals surface area contributed by atoms with Crippen LogP contribution in [0.4, 0.5) is 31.8 Å². The lowest BCUT2D eigenvalue weighted by molar-refractivity contribution is -0.147. The van der Waals surface area contributed by atoms with E-state index in [4.69, 9.17) is 71.2 Å². The molecule has 0 radical (unpaired) electrons. The average Bonchev–Trinajstić information content (AvgIpc) is 1.69. The molecule has 3 fully saturated rings. The Balaban J connectivity index is 0.000000286. The van der Waals surface area contributed by atoms with Crippen molar-refractivity contribution in [1.29, 1.82) is 0 Å². The Labute approximate surface area is 782 Å². The van der Waals surface area contributed by atoms with Gasteiger partial charge in [0.2, 0.25) is 11.8 Å². The number of imidazole rings is 3. The number of anilines is 3. The van der Waals surface area contributed by atoms with E-state index in [0.717, 1.165) is 6.42 Å². The Hall–Kier alpha value is -9.41. The molecule has 746 valence electrons. The molecule has 0 unspecified atom stereocenters. The van der Waals surface area contributed by atoms with Crippen LogP contribution in [0.2, 0.25) is 74.5 Å². The summed E-state index contributed by atoms with van der Waals surface area (Å²) < 4.78 is 80.8. The summed E-state index contributed by atoms with van der Waals surface area (Å²) in [5.41, 5.74) is 9.09. The molecule has 0 aromatic carbocycles. The van der Waals surface area contributed by atoms with Crippen molar-refractivity contribution in [2.75, 3.05) is 75.6 Å². The molecule has 47 heteroatoms. The molecule has 0 bridgehead atoms. The summed E-state index contributed by atoms with van der Waals surface area (Å²) in [5.74, 6) is -2.73. The highest BCUT2D eigenvalue weighted by atomic mass is 28.4. The van der Waals surface area contributed by atoms with Crippen LogP contribution in [0.1, 0.15) is 213 Å². The van der Waals surface area contributed by atoms with Crippen LogP contribution >= 0.6 is 0 Å². The van der Waals surface area contributed by atoms with Gasteiger partial charge in [0, 0.05) is 51.7 Å². The Kier molecular flexibility index (Phi) is 43.0. The number of rotatable bonds is 41. The Morgan fingerprint density at radius 1 is 0.444 bits per heavy atom. The number of aliphatic carboxylic acids is 1. The molecular formula is C86H146N18O25Si4. The number of aliphatic hydroxyl groups is 2. The number of carbonyl (C=O) groups is 9. The number of esters is 3. The predicted molar refractivity (Wildman–Crippen MR) is 503 cm³/mol. The number of aromatic nitrogens is 12. The first-order valence-corrected chi connectivity index (χ1v) is 57.3. The maximum Gasteiger partial charge on any atom is 0.407 e. The van der Waals surface area contributed by atoms with Crippen LogP contribution in [0, 0.1) is 0 Å². The lowest BCUT2D eigenvalue weighted by atomic mass is 10.2. The van der Waals surface area contributed by atoms with Crippen LogP contribution in [0.3, 0.4) is 0 Å². The van der Waals surface area contributed by atoms with E-state index in [0.29, 0.717) is 113 Å². The van der Waals surface area contributed by atoms with Crippen molar-refractivity contribution < 1.29 is 119 Å². The standard InChI is InChI=1S/C32H56N6O8Si2.C22H32N6O8.C20H37N5O3Si2.C12H21NO6/c1-21(2)47(8,9)43-18-24-23(46-48(10,11)22(3)4)17-26(44-24)38-20-36-28-29(34-19-35-30(28)38)37-25(39)13-14-27(40)42-16-12-15-33-31(41)45-32(5,6)7;1-22(2,3)36-21(33)23-7-4-8-34-17(32)6-5-15(31)27-19-18-20(25-11-24-19)28(12-26-18)16-9-13(30)14(10-29)35-16;1-13(2)29(5,6)26-10-16-15(28-30(7,8)14(3)4)9-17(27-16)25-12-24-18-19(21)22-11-23-20(18)25;1-12(2,3)19-11(17)13-7-4-8-18-10(16)6-5-9(14)15/h19-24,26H,12-18H2,1-11H3,(H,33,41)(H,34,35,37,39);11-14,16,29-30H,4-10H2,1-3H3,(H,23,33)(H,24,25,27,31);11-17H,9-10H2,1-8H3,(H2,21,22,23);4-8H2,1-3H3,(H,13,17)(H,14,15)/t23-,24-,26-;13-,14-,16-;15-,16-,17-;/m111./s1. The molecule has 133 heavy (non-hydrogen) atoms. The van der Waals surface area contributed by atoms with Crippen molar-refractivity contribution in [2.45, 2.75) is 341 Å². The Morgan fingerprint density at radius 2 is 0.759 bits per heavy atom. The largest absolute Gasteiger partial charge is 0.481 e. The van der Waals surface area contributed by atoms with E-state index in [2.05, 4.69) is 179 Å². The molecule has 6 aromatic rings. The van der Waals surface area contributed by atoms with Gasteiger partial charge in [-0.05, 0) is 156 Å². The summed E-state index contributed by atoms with van der Waals surface area (Å²) in [6.45, 7) is 53.5. The van der Waals surface area contributed by atoms with Crippen LogP contribution in [0.25, 0.3) is 33.5 Å². The molecule has 6 aromatic heterocycles. The number of hydrogen-bond acceptors (Lipinski definition) is 34. The van der Waals surface area contributed by atoms with Gasteiger partial charge in [0.25, 0.3) is 0 Å². The van der Waals surface area contributed by atoms with E-state index < -0.39 is 122 Å². The molecule has 0 aliphatic carbocycles. The van der Waals surface area contributed by atoms with E-state index >= 15 is 0 Å². The fraction of sp³-hybridized carbons (Fsp3) is 0.721. The van der Waals surface area contributed by atoms with Gasteiger partial charge >= 0.3 is 42.2 Å². The van der Waals surface area contributed by atoms with E-state index in [1.165, 1.54) is 25.3 Å². The van der Waals surface area contributed by atoms with Crippen LogP contribution in [0.15, 0.2) is 38.0 Å². The fourth-order valence-electron chi connectivity index (χ4n) is 12.2. The first-order valence-electron chi connectivity index (χ1n) is 45.3. The van der Waals surface area contributed by atoms with Gasteiger partial charge in [-0.1, -0.05) is 55.4 Å². The summed E-state index contributed by atoms with van der Waals surface area (Å²) in [6, 6.07) is 0. The molecule has 9 atom stereocenters. The number of carboxylic acid groups (broad SMARTS) is 1. The third-order valence-electron chi connectivity index (χ3n) is 22.4. The van der Waals surface area contributed by atoms with Gasteiger partial charge in [-0.25, -0.2) is 59.2 Å². The van der Waals surface area contributed by atoms with Crippen LogP contribution in [0.5, 0.6) is 0 Å². The minimum Gasteiger partial charge on any atom is -0.481 e. The minimum atomic E-state index is -1.99. The maximum atomic E-state index is 12.7. The number of aliphatic hydroxyl groups excluding tert-OH is 2. The number of alkyl carbamates (subject to hydrolysis) is 3. The third kappa shape index (κ3) is 37.7. The number of nitrogens with one attached hydrogen (secondary N) is 5. The SMILES string of the molecule is CC(C)(C)OC(=O)NCCCOC(=O)CCC(=O)Nc1ncnc2c1ncn2[C@H]1C[C@@H](O)[C@@H](CO)O1.CC(C)(C)OC(=O)NCCCOC(=O)CCC(=O)O.CC(C)[Si](C)(C)OC[C@H]1O[C@@H](n2cnc3c(N)ncnc32)C[C@H]1O[Si](C)(C)C(C)C.CC(C)[Si](C)(C)OC[C@H]1O[C@@H](n2cnc3c(NC(=O)CCC(=O)OCCCNC(=O)OC(C)(C)C)ncnc32)C[C@H]1O[Si](C)(C)C(C)C. The third-order valence-corrected chi connectivity index (χ3v) is 37.2. The van der Waals surface area contributed by atoms with Gasteiger partial charge in [-0.15, -0.1) is 0 Å². The number of nitrogens with two attached hydrogens (primary N) is 1. The van der Waals surface area contributed by atoms with E-state index in [-0.39, 0.29) is 126 Å². The minimum absolute atomic E-state index is 0.0207.